The van der Waals surface area contributed by atoms with E-state index in [2.05, 4.69) is 26.7 Å². The van der Waals surface area contributed by atoms with Crippen LogP contribution in [0.4, 0.5) is 11.6 Å². The summed E-state index contributed by atoms with van der Waals surface area (Å²) in [6, 6.07) is 16.3. The predicted octanol–water partition coefficient (Wildman–Crippen LogP) is 3.68. The molecular weight excluding hydrogens is 350 g/mol. The van der Waals surface area contributed by atoms with E-state index in [4.69, 9.17) is 16.9 Å². The van der Waals surface area contributed by atoms with Gasteiger partial charge in [0.15, 0.2) is 0 Å². The van der Waals surface area contributed by atoms with E-state index in [1.807, 2.05) is 18.2 Å². The summed E-state index contributed by atoms with van der Waals surface area (Å²) in [6.07, 6.45) is 2.89. The number of nitriles is 1. The third kappa shape index (κ3) is 4.35. The average molecular weight is 364 g/mol. The lowest BCUT2D eigenvalue weighted by atomic mass is 10.2. The molecule has 0 aliphatic heterocycles. The van der Waals surface area contributed by atoms with Gasteiger partial charge >= 0.3 is 0 Å². The summed E-state index contributed by atoms with van der Waals surface area (Å²) in [5.41, 5.74) is 2.51. The molecule has 0 fully saturated rings. The van der Waals surface area contributed by atoms with E-state index >= 15 is 0 Å². The van der Waals surface area contributed by atoms with Gasteiger partial charge in [-0.25, -0.2) is 9.97 Å². The molecule has 128 valence electrons. The molecule has 0 saturated carbocycles. The third-order valence-corrected chi connectivity index (χ3v) is 3.95. The zero-order chi connectivity index (χ0) is 18.4. The first-order valence-electron chi connectivity index (χ1n) is 7.76. The largest absolute Gasteiger partial charge is 0.348 e. The minimum absolute atomic E-state index is 0.283. The first-order valence-corrected chi connectivity index (χ1v) is 8.14. The Bertz CT molecular complexity index is 949. The van der Waals surface area contributed by atoms with Crippen molar-refractivity contribution in [2.75, 3.05) is 5.32 Å². The maximum Gasteiger partial charge on any atom is 0.254 e. The minimum Gasteiger partial charge on any atom is -0.348 e. The van der Waals surface area contributed by atoms with Crippen LogP contribution in [0.15, 0.2) is 60.9 Å². The number of nitrogens with zero attached hydrogens (tertiary/aromatic N) is 3. The van der Waals surface area contributed by atoms with E-state index in [1.54, 1.807) is 30.3 Å². The van der Waals surface area contributed by atoms with E-state index in [-0.39, 0.29) is 5.91 Å². The van der Waals surface area contributed by atoms with Gasteiger partial charge in [0.05, 0.1) is 17.2 Å². The molecule has 1 aromatic heterocycles. The molecule has 0 radical (unpaired) electrons. The van der Waals surface area contributed by atoms with Crippen molar-refractivity contribution in [3.63, 3.8) is 0 Å². The molecule has 0 aliphatic carbocycles. The van der Waals surface area contributed by atoms with Crippen molar-refractivity contribution in [2.45, 2.75) is 6.54 Å². The van der Waals surface area contributed by atoms with E-state index in [9.17, 15) is 4.79 Å². The molecule has 2 N–H and O–H groups in total. The highest BCUT2D eigenvalue weighted by Gasteiger charge is 2.08. The Hall–Kier alpha value is -3.43. The summed E-state index contributed by atoms with van der Waals surface area (Å²) in [6.45, 7) is 0.323. The van der Waals surface area contributed by atoms with Gasteiger partial charge < -0.3 is 10.6 Å². The molecule has 2 aromatic carbocycles. The molecule has 1 heterocycles. The Kier molecular flexibility index (Phi) is 5.42. The SMILES string of the molecule is N#Cc1ccc(Nc2ncc(C(=O)NCc3ccccc3Cl)cn2)cc1. The van der Waals surface area contributed by atoms with E-state index < -0.39 is 0 Å². The molecule has 0 atom stereocenters. The van der Waals surface area contributed by atoms with Crippen LogP contribution in [0.5, 0.6) is 0 Å². The zero-order valence-electron chi connectivity index (χ0n) is 13.6. The van der Waals surface area contributed by atoms with Crippen LogP contribution in [0.3, 0.4) is 0 Å². The maximum absolute atomic E-state index is 12.2. The van der Waals surface area contributed by atoms with Crippen molar-refractivity contribution in [3.05, 3.63) is 82.6 Å². The summed E-state index contributed by atoms with van der Waals surface area (Å²) in [4.78, 5) is 20.5. The second-order valence-corrected chi connectivity index (χ2v) is 5.79. The van der Waals surface area contributed by atoms with Crippen LogP contribution in [0.25, 0.3) is 0 Å². The van der Waals surface area contributed by atoms with Crippen molar-refractivity contribution in [1.29, 1.82) is 5.26 Å². The fraction of sp³-hybridized carbons (Fsp3) is 0.0526. The van der Waals surface area contributed by atoms with Gasteiger partial charge in [-0.2, -0.15) is 5.26 Å². The number of benzene rings is 2. The van der Waals surface area contributed by atoms with Gasteiger partial charge in [0, 0.05) is 29.6 Å². The number of carbonyl (C=O) groups is 1. The van der Waals surface area contributed by atoms with Crippen LogP contribution in [-0.2, 0) is 6.54 Å². The number of halogens is 1. The number of rotatable bonds is 5. The summed E-state index contributed by atoms with van der Waals surface area (Å²) < 4.78 is 0. The smallest absolute Gasteiger partial charge is 0.254 e. The Morgan fingerprint density at radius 1 is 1.08 bits per heavy atom. The summed E-state index contributed by atoms with van der Waals surface area (Å²) in [5.74, 6) is 0.0761. The van der Waals surface area contributed by atoms with Crippen LogP contribution in [-0.4, -0.2) is 15.9 Å². The third-order valence-electron chi connectivity index (χ3n) is 3.58. The van der Waals surface area contributed by atoms with E-state index in [0.29, 0.717) is 28.6 Å². The van der Waals surface area contributed by atoms with Crippen LogP contribution in [0.1, 0.15) is 21.5 Å². The maximum atomic E-state index is 12.2. The van der Waals surface area contributed by atoms with Crippen LogP contribution < -0.4 is 10.6 Å². The number of amides is 1. The number of hydrogen-bond donors (Lipinski definition) is 2. The van der Waals surface area contributed by atoms with Gasteiger partial charge in [-0.1, -0.05) is 29.8 Å². The molecule has 0 unspecified atom stereocenters. The molecule has 3 rings (SSSR count). The number of carbonyl (C=O) groups excluding carboxylic acids is 1. The molecule has 1 amide bonds. The fourth-order valence-corrected chi connectivity index (χ4v) is 2.39. The Morgan fingerprint density at radius 3 is 2.42 bits per heavy atom. The van der Waals surface area contributed by atoms with Gasteiger partial charge in [-0.15, -0.1) is 0 Å². The van der Waals surface area contributed by atoms with Gasteiger partial charge in [0.25, 0.3) is 5.91 Å². The van der Waals surface area contributed by atoms with Gasteiger partial charge in [0.1, 0.15) is 0 Å². The lowest BCUT2D eigenvalue weighted by molar-refractivity contribution is 0.0950. The molecule has 0 saturated heterocycles. The Morgan fingerprint density at radius 2 is 1.77 bits per heavy atom. The van der Waals surface area contributed by atoms with Crippen molar-refractivity contribution < 1.29 is 4.79 Å². The predicted molar refractivity (Wildman–Crippen MR) is 99.1 cm³/mol. The van der Waals surface area contributed by atoms with Crippen molar-refractivity contribution >= 4 is 29.1 Å². The van der Waals surface area contributed by atoms with Crippen LogP contribution in [0, 0.1) is 11.3 Å². The number of aromatic nitrogens is 2. The molecule has 26 heavy (non-hydrogen) atoms. The first-order chi connectivity index (χ1) is 12.7. The highest BCUT2D eigenvalue weighted by atomic mass is 35.5. The normalized spacial score (nSPS) is 10.0. The number of anilines is 2. The van der Waals surface area contributed by atoms with E-state index in [1.165, 1.54) is 12.4 Å². The monoisotopic (exact) mass is 363 g/mol. The molecule has 0 spiro atoms. The molecular formula is C19H14ClN5O. The molecule has 3 aromatic rings. The van der Waals surface area contributed by atoms with Crippen LogP contribution >= 0.6 is 11.6 Å². The molecule has 6 nitrogen and oxygen atoms in total. The average Bonchev–Trinajstić information content (AvgIpc) is 2.68. The fourth-order valence-electron chi connectivity index (χ4n) is 2.19. The van der Waals surface area contributed by atoms with Gasteiger partial charge in [-0.05, 0) is 35.9 Å². The summed E-state index contributed by atoms with van der Waals surface area (Å²) in [7, 11) is 0. The standard InChI is InChI=1S/C19H14ClN5O/c20-17-4-2-1-3-14(17)10-22-18(26)15-11-23-19(24-12-15)25-16-7-5-13(9-21)6-8-16/h1-8,11-12H,10H2,(H,22,26)(H,23,24,25). The molecule has 0 aliphatic rings. The highest BCUT2D eigenvalue weighted by molar-refractivity contribution is 6.31. The lowest BCUT2D eigenvalue weighted by Crippen LogP contribution is -2.23. The quantitative estimate of drug-likeness (QED) is 0.721. The molecule has 0 bridgehead atoms. The highest BCUT2D eigenvalue weighted by Crippen LogP contribution is 2.15. The zero-order valence-corrected chi connectivity index (χ0v) is 14.4. The molecule has 7 heteroatoms. The summed E-state index contributed by atoms with van der Waals surface area (Å²) in [5, 5.41) is 15.2. The van der Waals surface area contributed by atoms with Crippen LogP contribution in [0.2, 0.25) is 5.02 Å². The second-order valence-electron chi connectivity index (χ2n) is 5.38. The van der Waals surface area contributed by atoms with Gasteiger partial charge in [-0.3, -0.25) is 4.79 Å². The first kappa shape index (κ1) is 17.4. The van der Waals surface area contributed by atoms with Crippen molar-refractivity contribution in [2.24, 2.45) is 0 Å². The lowest BCUT2D eigenvalue weighted by Gasteiger charge is -2.08. The summed E-state index contributed by atoms with van der Waals surface area (Å²) >= 11 is 6.07. The Balaban J connectivity index is 1.60. The topological polar surface area (TPSA) is 90.7 Å². The Labute approximate surface area is 155 Å². The number of hydrogen-bond acceptors (Lipinski definition) is 5. The van der Waals surface area contributed by atoms with E-state index in [0.717, 1.165) is 11.3 Å². The minimum atomic E-state index is -0.283. The number of nitrogens with one attached hydrogen (secondary N) is 2. The van der Waals surface area contributed by atoms with Gasteiger partial charge in [0.2, 0.25) is 5.95 Å². The van der Waals surface area contributed by atoms with Crippen molar-refractivity contribution in [3.8, 4) is 6.07 Å². The van der Waals surface area contributed by atoms with Crippen molar-refractivity contribution in [1.82, 2.24) is 15.3 Å². The second kappa shape index (κ2) is 8.10.